The predicted octanol–water partition coefficient (Wildman–Crippen LogP) is 2.50. The van der Waals surface area contributed by atoms with Crippen LogP contribution in [0.25, 0.3) is 0 Å². The molecule has 1 rings (SSSR count). The zero-order valence-electron chi connectivity index (χ0n) is 13.9. The maximum atomic E-state index is 11.0. The molecule has 7 nitrogen and oxygen atoms in total. The van der Waals surface area contributed by atoms with E-state index >= 15 is 0 Å². The quantitative estimate of drug-likeness (QED) is 0.564. The van der Waals surface area contributed by atoms with Crippen molar-refractivity contribution in [2.24, 2.45) is 0 Å². The lowest BCUT2D eigenvalue weighted by molar-refractivity contribution is -0.152. The fourth-order valence-corrected chi connectivity index (χ4v) is 2.27. The molecule has 134 valence electrons. The summed E-state index contributed by atoms with van der Waals surface area (Å²) >= 11 is 0. The van der Waals surface area contributed by atoms with Crippen LogP contribution in [-0.2, 0) is 19.1 Å². The normalized spacial score (nSPS) is 11.0. The number of ether oxygens (including phenoxy) is 3. The Morgan fingerprint density at radius 1 is 1.04 bits per heavy atom. The molecule has 0 aliphatic heterocycles. The Morgan fingerprint density at radius 3 is 2.12 bits per heavy atom. The average molecular weight is 340 g/mol. The Labute approximate surface area is 141 Å². The lowest BCUT2D eigenvalue weighted by Gasteiger charge is -2.18. The molecule has 24 heavy (non-hydrogen) atoms. The maximum Gasteiger partial charge on any atom is 0.303 e. The third kappa shape index (κ3) is 7.43. The summed E-state index contributed by atoms with van der Waals surface area (Å²) in [5.74, 6) is -2.18. The molecule has 0 atom stereocenters. The predicted molar refractivity (Wildman–Crippen MR) is 86.2 cm³/mol. The van der Waals surface area contributed by atoms with Gasteiger partial charge in [-0.1, -0.05) is 12.1 Å². The van der Waals surface area contributed by atoms with Gasteiger partial charge in [0.1, 0.15) is 12.4 Å². The molecule has 0 heterocycles. The molecule has 0 aliphatic carbocycles. The van der Waals surface area contributed by atoms with Crippen molar-refractivity contribution in [3.05, 3.63) is 29.8 Å². The van der Waals surface area contributed by atoms with Crippen LogP contribution in [-0.4, -0.2) is 48.3 Å². The van der Waals surface area contributed by atoms with Gasteiger partial charge < -0.3 is 24.4 Å². The van der Waals surface area contributed by atoms with Crippen LogP contribution >= 0.6 is 0 Å². The summed E-state index contributed by atoms with van der Waals surface area (Å²) in [5, 5.41) is 17.9. The highest BCUT2D eigenvalue weighted by atomic mass is 16.7. The zero-order valence-corrected chi connectivity index (χ0v) is 13.9. The van der Waals surface area contributed by atoms with Gasteiger partial charge in [-0.3, -0.25) is 9.59 Å². The van der Waals surface area contributed by atoms with E-state index in [1.807, 2.05) is 13.8 Å². The third-order valence-corrected chi connectivity index (χ3v) is 3.26. The van der Waals surface area contributed by atoms with E-state index in [2.05, 4.69) is 0 Å². The Hall–Kier alpha value is -2.12. The molecule has 0 amide bonds. The topological polar surface area (TPSA) is 102 Å². The summed E-state index contributed by atoms with van der Waals surface area (Å²) in [6.45, 7) is 4.89. The van der Waals surface area contributed by atoms with Crippen molar-refractivity contribution in [2.75, 3.05) is 19.8 Å². The van der Waals surface area contributed by atoms with E-state index in [0.29, 0.717) is 24.5 Å². The Bertz CT molecular complexity index is 507. The molecule has 7 heteroatoms. The molecule has 0 unspecified atom stereocenters. The first kappa shape index (κ1) is 19.9. The van der Waals surface area contributed by atoms with E-state index in [0.717, 1.165) is 0 Å². The van der Waals surface area contributed by atoms with Crippen LogP contribution in [0.1, 0.15) is 38.2 Å². The standard InChI is InChI=1S/C17H24O7/c1-3-22-17(23-4-2)11-24-14-7-5-6-12(8-14)13(9-15(18)19)10-16(20)21/h5-8,13,17H,3-4,9-11H2,1-2H3,(H,18,19)(H,20,21). The van der Waals surface area contributed by atoms with Gasteiger partial charge in [0.05, 0.1) is 12.8 Å². The molecule has 0 radical (unpaired) electrons. The number of benzene rings is 1. The van der Waals surface area contributed by atoms with Crippen molar-refractivity contribution >= 4 is 11.9 Å². The van der Waals surface area contributed by atoms with E-state index in [1.54, 1.807) is 24.3 Å². The Morgan fingerprint density at radius 2 is 1.62 bits per heavy atom. The molecule has 0 saturated carbocycles. The summed E-state index contributed by atoms with van der Waals surface area (Å²) < 4.78 is 16.4. The zero-order chi connectivity index (χ0) is 17.9. The fraction of sp³-hybridized carbons (Fsp3) is 0.529. The van der Waals surface area contributed by atoms with Gasteiger partial charge in [-0.15, -0.1) is 0 Å². The van der Waals surface area contributed by atoms with Gasteiger partial charge in [0, 0.05) is 19.1 Å². The summed E-state index contributed by atoms with van der Waals surface area (Å²) in [5.41, 5.74) is 0.613. The van der Waals surface area contributed by atoms with Gasteiger partial charge in [-0.25, -0.2) is 0 Å². The molecule has 0 aromatic heterocycles. The number of carbonyl (C=O) groups is 2. The first-order chi connectivity index (χ1) is 11.5. The van der Waals surface area contributed by atoms with E-state index < -0.39 is 24.1 Å². The van der Waals surface area contributed by atoms with Crippen LogP contribution < -0.4 is 4.74 Å². The number of rotatable bonds is 12. The van der Waals surface area contributed by atoms with Crippen molar-refractivity contribution in [2.45, 2.75) is 38.9 Å². The maximum absolute atomic E-state index is 11.0. The number of carboxylic acids is 2. The van der Waals surface area contributed by atoms with E-state index in [9.17, 15) is 9.59 Å². The number of carboxylic acid groups (broad SMARTS) is 2. The highest BCUT2D eigenvalue weighted by Gasteiger charge is 2.19. The Kier molecular flexibility index (Phi) is 8.81. The highest BCUT2D eigenvalue weighted by Crippen LogP contribution is 2.27. The highest BCUT2D eigenvalue weighted by molar-refractivity contribution is 5.72. The SMILES string of the molecule is CCOC(COc1cccc(C(CC(=O)O)CC(=O)O)c1)OCC. The molecule has 0 aliphatic rings. The van der Waals surface area contributed by atoms with Gasteiger partial charge in [-0.2, -0.15) is 0 Å². The molecular weight excluding hydrogens is 316 g/mol. The van der Waals surface area contributed by atoms with Crippen LogP contribution in [0.2, 0.25) is 0 Å². The van der Waals surface area contributed by atoms with E-state index in [1.165, 1.54) is 0 Å². The minimum atomic E-state index is -1.04. The fourth-order valence-electron chi connectivity index (χ4n) is 2.27. The largest absolute Gasteiger partial charge is 0.488 e. The molecule has 2 N–H and O–H groups in total. The summed E-state index contributed by atoms with van der Waals surface area (Å²) in [6, 6.07) is 6.78. The van der Waals surface area contributed by atoms with Gasteiger partial charge in [0.25, 0.3) is 0 Å². The van der Waals surface area contributed by atoms with E-state index in [-0.39, 0.29) is 19.4 Å². The Balaban J connectivity index is 2.79. The molecule has 1 aromatic carbocycles. The van der Waals surface area contributed by atoms with Crippen LogP contribution in [0.4, 0.5) is 0 Å². The summed E-state index contributed by atoms with van der Waals surface area (Å²) in [4.78, 5) is 21.9. The van der Waals surface area contributed by atoms with Crippen molar-refractivity contribution in [3.8, 4) is 5.75 Å². The van der Waals surface area contributed by atoms with Crippen molar-refractivity contribution in [3.63, 3.8) is 0 Å². The number of hydrogen-bond donors (Lipinski definition) is 2. The second-order valence-corrected chi connectivity index (χ2v) is 5.12. The average Bonchev–Trinajstić information content (AvgIpc) is 2.52. The minimum Gasteiger partial charge on any atom is -0.488 e. The number of aliphatic carboxylic acids is 2. The van der Waals surface area contributed by atoms with Crippen molar-refractivity contribution < 1.29 is 34.0 Å². The van der Waals surface area contributed by atoms with Crippen LogP contribution in [0, 0.1) is 0 Å². The molecule has 0 saturated heterocycles. The minimum absolute atomic E-state index is 0.188. The lowest BCUT2D eigenvalue weighted by Crippen LogP contribution is -2.25. The van der Waals surface area contributed by atoms with Gasteiger partial charge in [0.15, 0.2) is 6.29 Å². The van der Waals surface area contributed by atoms with Crippen LogP contribution in [0.15, 0.2) is 24.3 Å². The van der Waals surface area contributed by atoms with Gasteiger partial charge in [0.2, 0.25) is 0 Å². The second kappa shape index (κ2) is 10.6. The molecule has 1 aromatic rings. The third-order valence-electron chi connectivity index (χ3n) is 3.26. The molecule has 0 spiro atoms. The lowest BCUT2D eigenvalue weighted by atomic mass is 9.92. The first-order valence-electron chi connectivity index (χ1n) is 7.85. The molecule has 0 fully saturated rings. The van der Waals surface area contributed by atoms with Crippen LogP contribution in [0.5, 0.6) is 5.75 Å². The van der Waals surface area contributed by atoms with Crippen LogP contribution in [0.3, 0.4) is 0 Å². The van der Waals surface area contributed by atoms with Crippen molar-refractivity contribution in [1.82, 2.24) is 0 Å². The smallest absolute Gasteiger partial charge is 0.303 e. The van der Waals surface area contributed by atoms with Gasteiger partial charge in [-0.05, 0) is 31.5 Å². The molecular formula is C17H24O7. The van der Waals surface area contributed by atoms with Crippen molar-refractivity contribution in [1.29, 1.82) is 0 Å². The monoisotopic (exact) mass is 340 g/mol. The van der Waals surface area contributed by atoms with Gasteiger partial charge >= 0.3 is 11.9 Å². The van der Waals surface area contributed by atoms with E-state index in [4.69, 9.17) is 24.4 Å². The molecule has 0 bridgehead atoms. The first-order valence-corrected chi connectivity index (χ1v) is 7.85. The summed E-state index contributed by atoms with van der Waals surface area (Å²) in [6.07, 6.45) is -0.996. The summed E-state index contributed by atoms with van der Waals surface area (Å²) in [7, 11) is 0. The second-order valence-electron chi connectivity index (χ2n) is 5.12. The number of hydrogen-bond acceptors (Lipinski definition) is 5.